The van der Waals surface area contributed by atoms with Gasteiger partial charge in [0.05, 0.1) is 11.5 Å². The van der Waals surface area contributed by atoms with Gasteiger partial charge in [-0.2, -0.15) is 4.57 Å². The van der Waals surface area contributed by atoms with E-state index in [9.17, 15) is 5.11 Å². The zero-order valence-electron chi connectivity index (χ0n) is 16.2. The van der Waals surface area contributed by atoms with Crippen LogP contribution in [0.2, 0.25) is 0 Å². The summed E-state index contributed by atoms with van der Waals surface area (Å²) >= 11 is 0. The third-order valence-electron chi connectivity index (χ3n) is 8.61. The number of aromatic nitrogens is 1. The van der Waals surface area contributed by atoms with Crippen LogP contribution in [-0.2, 0) is 0 Å². The molecule has 0 aliphatic heterocycles. The maximum Gasteiger partial charge on any atom is 0.189 e. The summed E-state index contributed by atoms with van der Waals surface area (Å²) < 4.78 is 2.36. The maximum absolute atomic E-state index is 10.2. The van der Waals surface area contributed by atoms with E-state index >= 15 is 0 Å². The highest BCUT2D eigenvalue weighted by molar-refractivity contribution is 5.48. The first-order valence-electron chi connectivity index (χ1n) is 10.6. The van der Waals surface area contributed by atoms with Crippen LogP contribution in [0.25, 0.3) is 5.70 Å². The van der Waals surface area contributed by atoms with Gasteiger partial charge < -0.3 is 5.11 Å². The van der Waals surface area contributed by atoms with Crippen molar-refractivity contribution < 1.29 is 9.67 Å². The van der Waals surface area contributed by atoms with E-state index in [2.05, 4.69) is 61.2 Å². The quantitative estimate of drug-likeness (QED) is 0.574. The standard InChI is InChI=1S/C24H32NO/c1-23-12-10-18(26)16-17(23)6-7-19-20-8-9-22(25-14-4-3-5-15-25)24(20,2)13-11-21(19)23/h3-6,9,14-15,18-21,26H,7-8,10-13,16H2,1-2H3/q+1/t18-,19-,20-,21-,23-,24-/m0/s1. The van der Waals surface area contributed by atoms with Crippen molar-refractivity contribution >= 4 is 5.70 Å². The van der Waals surface area contributed by atoms with E-state index in [4.69, 9.17) is 0 Å². The Bertz CT molecular complexity index is 766. The van der Waals surface area contributed by atoms with Crippen molar-refractivity contribution in [3.05, 3.63) is 48.3 Å². The average Bonchev–Trinajstić information content (AvgIpc) is 3.00. The minimum atomic E-state index is -0.103. The first kappa shape index (κ1) is 16.7. The maximum atomic E-state index is 10.2. The van der Waals surface area contributed by atoms with Crippen molar-refractivity contribution in [3.8, 4) is 0 Å². The molecule has 0 radical (unpaired) electrons. The summed E-state index contributed by atoms with van der Waals surface area (Å²) in [5.74, 6) is 2.38. The molecule has 1 N–H and O–H groups in total. The van der Waals surface area contributed by atoms with Crippen molar-refractivity contribution in [1.29, 1.82) is 0 Å². The van der Waals surface area contributed by atoms with Gasteiger partial charge in [-0.05, 0) is 81.1 Å². The molecule has 6 atom stereocenters. The normalized spacial score (nSPS) is 44.4. The Hall–Kier alpha value is -1.41. The monoisotopic (exact) mass is 350 g/mol. The van der Waals surface area contributed by atoms with E-state index in [1.165, 1.54) is 37.8 Å². The van der Waals surface area contributed by atoms with Crippen LogP contribution in [0.4, 0.5) is 0 Å². The molecule has 138 valence electrons. The zero-order chi connectivity index (χ0) is 17.9. The van der Waals surface area contributed by atoms with Crippen LogP contribution >= 0.6 is 0 Å². The average molecular weight is 351 g/mol. The van der Waals surface area contributed by atoms with E-state index in [-0.39, 0.29) is 6.10 Å². The molecule has 4 aliphatic rings. The second-order valence-electron chi connectivity index (χ2n) is 9.72. The number of nitrogens with zero attached hydrogens (tertiary/aromatic N) is 1. The van der Waals surface area contributed by atoms with E-state index in [0.29, 0.717) is 10.8 Å². The number of aliphatic hydroxyl groups excluding tert-OH is 1. The second-order valence-corrected chi connectivity index (χ2v) is 9.72. The highest BCUT2D eigenvalue weighted by Crippen LogP contribution is 2.64. The minimum absolute atomic E-state index is 0.103. The van der Waals surface area contributed by atoms with Gasteiger partial charge in [0.15, 0.2) is 18.1 Å². The summed E-state index contributed by atoms with van der Waals surface area (Å²) in [7, 11) is 0. The summed E-state index contributed by atoms with van der Waals surface area (Å²) in [6.07, 6.45) is 17.6. The van der Waals surface area contributed by atoms with Crippen molar-refractivity contribution in [2.24, 2.45) is 28.6 Å². The lowest BCUT2D eigenvalue weighted by Gasteiger charge is -2.56. The summed E-state index contributed by atoms with van der Waals surface area (Å²) in [6, 6.07) is 6.40. The highest BCUT2D eigenvalue weighted by atomic mass is 16.3. The third kappa shape index (κ3) is 2.24. The molecular formula is C24H32NO+. The van der Waals surface area contributed by atoms with Crippen LogP contribution in [0.5, 0.6) is 0 Å². The molecule has 5 rings (SSSR count). The summed E-state index contributed by atoms with van der Waals surface area (Å²) in [4.78, 5) is 0. The van der Waals surface area contributed by atoms with E-state index in [0.717, 1.165) is 30.6 Å². The molecule has 0 amide bonds. The first-order valence-corrected chi connectivity index (χ1v) is 10.6. The van der Waals surface area contributed by atoms with Crippen molar-refractivity contribution in [3.63, 3.8) is 0 Å². The predicted molar refractivity (Wildman–Crippen MR) is 104 cm³/mol. The molecular weight excluding hydrogens is 318 g/mol. The van der Waals surface area contributed by atoms with E-state index in [1.807, 2.05) is 0 Å². The van der Waals surface area contributed by atoms with Crippen molar-refractivity contribution in [2.45, 2.75) is 64.9 Å². The van der Waals surface area contributed by atoms with Crippen LogP contribution in [0.1, 0.15) is 58.8 Å². The van der Waals surface area contributed by atoms with Crippen LogP contribution in [0, 0.1) is 28.6 Å². The van der Waals surface area contributed by atoms with Gasteiger partial charge in [0, 0.05) is 12.1 Å². The summed E-state index contributed by atoms with van der Waals surface area (Å²) in [5, 5.41) is 10.2. The van der Waals surface area contributed by atoms with Gasteiger partial charge in [-0.1, -0.05) is 24.6 Å². The Balaban J connectivity index is 1.48. The molecule has 0 bridgehead atoms. The van der Waals surface area contributed by atoms with Gasteiger partial charge in [-0.3, -0.25) is 0 Å². The Morgan fingerprint density at radius 2 is 1.69 bits per heavy atom. The van der Waals surface area contributed by atoms with Gasteiger partial charge in [-0.15, -0.1) is 0 Å². The molecule has 1 heterocycles. The zero-order valence-corrected chi connectivity index (χ0v) is 16.2. The summed E-state index contributed by atoms with van der Waals surface area (Å²) in [5.41, 5.74) is 3.75. The molecule has 0 spiro atoms. The molecule has 0 saturated heterocycles. The number of pyridine rings is 1. The molecule has 0 aromatic carbocycles. The second kappa shape index (κ2) is 5.79. The SMILES string of the molecule is C[C@]12CC[C@H](O)CC1=CC[C@@H]1[C@@H]2CC[C@]2(C)C([n+]3ccccc3)=CC[C@@H]12. The molecule has 4 aliphatic carbocycles. The lowest BCUT2D eigenvalue weighted by molar-refractivity contribution is -0.590. The molecule has 1 aromatic rings. The molecule has 2 heteroatoms. The van der Waals surface area contributed by atoms with Crippen LogP contribution in [-0.4, -0.2) is 11.2 Å². The van der Waals surface area contributed by atoms with Gasteiger partial charge in [0.25, 0.3) is 0 Å². The van der Waals surface area contributed by atoms with E-state index in [1.54, 1.807) is 5.57 Å². The molecule has 2 nitrogen and oxygen atoms in total. The van der Waals surface area contributed by atoms with Crippen LogP contribution in [0.15, 0.2) is 48.3 Å². The number of allylic oxidation sites excluding steroid dienone is 3. The Kier molecular flexibility index (Phi) is 3.73. The highest BCUT2D eigenvalue weighted by Gasteiger charge is 2.58. The van der Waals surface area contributed by atoms with Gasteiger partial charge >= 0.3 is 0 Å². The lowest BCUT2D eigenvalue weighted by Crippen LogP contribution is -2.52. The first-order chi connectivity index (χ1) is 12.5. The Morgan fingerprint density at radius 3 is 2.50 bits per heavy atom. The van der Waals surface area contributed by atoms with Crippen molar-refractivity contribution in [2.75, 3.05) is 0 Å². The molecule has 2 fully saturated rings. The number of aliphatic hydroxyl groups is 1. The predicted octanol–water partition coefficient (Wildman–Crippen LogP) is 4.75. The smallest absolute Gasteiger partial charge is 0.189 e. The fraction of sp³-hybridized carbons (Fsp3) is 0.625. The molecule has 0 unspecified atom stereocenters. The van der Waals surface area contributed by atoms with Gasteiger partial charge in [0.1, 0.15) is 0 Å². The largest absolute Gasteiger partial charge is 0.393 e. The van der Waals surface area contributed by atoms with Gasteiger partial charge in [-0.25, -0.2) is 0 Å². The number of fused-ring (bicyclic) bond motifs is 5. The lowest BCUT2D eigenvalue weighted by atomic mass is 9.48. The molecule has 26 heavy (non-hydrogen) atoms. The fourth-order valence-corrected chi connectivity index (χ4v) is 7.15. The fourth-order valence-electron chi connectivity index (χ4n) is 7.15. The Labute approximate surface area is 157 Å². The number of hydrogen-bond donors (Lipinski definition) is 1. The minimum Gasteiger partial charge on any atom is -0.393 e. The summed E-state index contributed by atoms with van der Waals surface area (Å²) in [6.45, 7) is 5.04. The van der Waals surface area contributed by atoms with E-state index < -0.39 is 0 Å². The molecule has 2 saturated carbocycles. The number of rotatable bonds is 1. The third-order valence-corrected chi connectivity index (χ3v) is 8.61. The molecule has 1 aromatic heterocycles. The Morgan fingerprint density at radius 1 is 0.923 bits per heavy atom. The van der Waals surface area contributed by atoms with Crippen molar-refractivity contribution in [1.82, 2.24) is 0 Å². The van der Waals surface area contributed by atoms with Crippen LogP contribution in [0.3, 0.4) is 0 Å². The van der Waals surface area contributed by atoms with Gasteiger partial charge in [0.2, 0.25) is 0 Å². The number of hydrogen-bond acceptors (Lipinski definition) is 1. The topological polar surface area (TPSA) is 24.1 Å². The van der Waals surface area contributed by atoms with Crippen LogP contribution < -0.4 is 4.57 Å².